The zero-order chi connectivity index (χ0) is 15.7. The third-order valence-corrected chi connectivity index (χ3v) is 4.47. The van der Waals surface area contributed by atoms with Gasteiger partial charge in [0.05, 0.1) is 6.10 Å². The third kappa shape index (κ3) is 3.37. The summed E-state index contributed by atoms with van der Waals surface area (Å²) in [6.07, 6.45) is 0.619. The Kier molecular flexibility index (Phi) is 4.30. The van der Waals surface area contributed by atoms with Crippen molar-refractivity contribution in [3.63, 3.8) is 0 Å². The maximum Gasteiger partial charge on any atom is 0.231 e. The molecular formula is C17H26N2O3. The van der Waals surface area contributed by atoms with Gasteiger partial charge in [-0.1, -0.05) is 26.8 Å². The zero-order valence-corrected chi connectivity index (χ0v) is 13.6. The first-order chi connectivity index (χ1) is 10.4. The number of nitrogens with one attached hydrogen (secondary N) is 2. The fourth-order valence-electron chi connectivity index (χ4n) is 3.08. The molecule has 1 saturated heterocycles. The van der Waals surface area contributed by atoms with Gasteiger partial charge in [0.25, 0.3) is 0 Å². The van der Waals surface area contributed by atoms with Crippen molar-refractivity contribution in [1.82, 2.24) is 10.6 Å². The van der Waals surface area contributed by atoms with Gasteiger partial charge in [-0.3, -0.25) is 0 Å². The molecule has 1 aromatic carbocycles. The molecule has 2 aliphatic rings. The fraction of sp³-hybridized carbons (Fsp3) is 0.647. The second-order valence-corrected chi connectivity index (χ2v) is 7.33. The number of ether oxygens (including phenoxy) is 2. The molecule has 0 spiro atoms. The molecule has 0 amide bonds. The Bertz CT molecular complexity index is 527. The molecule has 2 aliphatic heterocycles. The molecule has 1 unspecified atom stereocenters. The number of hydrogen-bond acceptors (Lipinski definition) is 5. The van der Waals surface area contributed by atoms with Crippen LogP contribution in [-0.4, -0.2) is 36.6 Å². The minimum Gasteiger partial charge on any atom is -0.454 e. The van der Waals surface area contributed by atoms with Crippen LogP contribution in [0.25, 0.3) is 0 Å². The first-order valence-electron chi connectivity index (χ1n) is 7.97. The first-order valence-corrected chi connectivity index (χ1v) is 7.97. The summed E-state index contributed by atoms with van der Waals surface area (Å²) in [5.41, 5.74) is 1.09. The highest BCUT2D eigenvalue weighted by Crippen LogP contribution is 2.32. The Balaban J connectivity index is 1.51. The summed E-state index contributed by atoms with van der Waals surface area (Å²) < 4.78 is 10.7. The first kappa shape index (κ1) is 15.6. The van der Waals surface area contributed by atoms with Gasteiger partial charge in [-0.15, -0.1) is 0 Å². The topological polar surface area (TPSA) is 62.8 Å². The lowest BCUT2D eigenvalue weighted by atomic mass is 9.84. The molecule has 5 nitrogen and oxygen atoms in total. The van der Waals surface area contributed by atoms with Gasteiger partial charge in [-0.25, -0.2) is 0 Å². The molecule has 1 fully saturated rings. The third-order valence-electron chi connectivity index (χ3n) is 4.47. The van der Waals surface area contributed by atoms with Gasteiger partial charge >= 0.3 is 0 Å². The van der Waals surface area contributed by atoms with E-state index in [1.54, 1.807) is 0 Å². The summed E-state index contributed by atoms with van der Waals surface area (Å²) in [5.74, 6) is 1.64. The van der Waals surface area contributed by atoms with Crippen molar-refractivity contribution in [2.75, 3.05) is 13.3 Å². The van der Waals surface area contributed by atoms with E-state index in [0.717, 1.165) is 31.0 Å². The Hall–Kier alpha value is -1.30. The van der Waals surface area contributed by atoms with E-state index in [-0.39, 0.29) is 17.6 Å². The summed E-state index contributed by atoms with van der Waals surface area (Å²) >= 11 is 0. The molecule has 22 heavy (non-hydrogen) atoms. The Labute approximate surface area is 132 Å². The van der Waals surface area contributed by atoms with Crippen LogP contribution in [0.4, 0.5) is 0 Å². The predicted molar refractivity (Wildman–Crippen MR) is 85.1 cm³/mol. The second kappa shape index (κ2) is 6.07. The van der Waals surface area contributed by atoms with Gasteiger partial charge in [0, 0.05) is 25.2 Å². The number of aliphatic hydroxyl groups is 1. The largest absolute Gasteiger partial charge is 0.454 e. The quantitative estimate of drug-likeness (QED) is 0.789. The number of rotatable bonds is 4. The van der Waals surface area contributed by atoms with Crippen LogP contribution in [-0.2, 0) is 6.54 Å². The zero-order valence-electron chi connectivity index (χ0n) is 13.6. The van der Waals surface area contributed by atoms with E-state index in [4.69, 9.17) is 9.47 Å². The standard InChI is InChI=1S/C17H26N2O3/c1-17(2,3)16(20)13-7-12(9-19-13)18-8-11-4-5-14-15(6-11)22-10-21-14/h4-6,12-13,16,18-20H,7-10H2,1-3H3/t12-,13-,16?/m1/s1. The highest BCUT2D eigenvalue weighted by atomic mass is 16.7. The monoisotopic (exact) mass is 306 g/mol. The van der Waals surface area contributed by atoms with E-state index in [1.165, 1.54) is 5.56 Å². The fourth-order valence-corrected chi connectivity index (χ4v) is 3.08. The van der Waals surface area contributed by atoms with Crippen molar-refractivity contribution in [2.45, 2.75) is 51.9 Å². The number of hydrogen-bond donors (Lipinski definition) is 3. The van der Waals surface area contributed by atoms with Gasteiger partial charge in [-0.2, -0.15) is 0 Å². The SMILES string of the molecule is CC(C)(C)C(O)[C@H]1C[C@@H](NCc2ccc3c(c2)OCO3)CN1. The molecule has 0 radical (unpaired) electrons. The molecule has 3 atom stereocenters. The minimum absolute atomic E-state index is 0.0934. The molecule has 0 saturated carbocycles. The van der Waals surface area contributed by atoms with E-state index >= 15 is 0 Å². The highest BCUT2D eigenvalue weighted by molar-refractivity contribution is 5.44. The summed E-state index contributed by atoms with van der Waals surface area (Å²) in [6.45, 7) is 8.22. The minimum atomic E-state index is -0.329. The Morgan fingerprint density at radius 3 is 2.86 bits per heavy atom. The van der Waals surface area contributed by atoms with Crippen LogP contribution < -0.4 is 20.1 Å². The molecule has 5 heteroatoms. The van der Waals surface area contributed by atoms with Crippen molar-refractivity contribution in [1.29, 1.82) is 0 Å². The van der Waals surface area contributed by atoms with Crippen molar-refractivity contribution in [3.8, 4) is 11.5 Å². The van der Waals surface area contributed by atoms with Crippen LogP contribution >= 0.6 is 0 Å². The van der Waals surface area contributed by atoms with E-state index in [0.29, 0.717) is 12.8 Å². The van der Waals surface area contributed by atoms with Crippen molar-refractivity contribution in [3.05, 3.63) is 23.8 Å². The number of aliphatic hydroxyl groups excluding tert-OH is 1. The normalized spacial score (nSPS) is 25.5. The van der Waals surface area contributed by atoms with Gasteiger partial charge < -0.3 is 25.2 Å². The maximum atomic E-state index is 10.4. The Morgan fingerprint density at radius 2 is 2.09 bits per heavy atom. The van der Waals surface area contributed by atoms with Crippen LogP contribution in [0.5, 0.6) is 11.5 Å². The van der Waals surface area contributed by atoms with Crippen molar-refractivity contribution in [2.24, 2.45) is 5.41 Å². The van der Waals surface area contributed by atoms with Gasteiger partial charge in [0.2, 0.25) is 6.79 Å². The molecule has 122 valence electrons. The molecule has 3 rings (SSSR count). The maximum absolute atomic E-state index is 10.4. The second-order valence-electron chi connectivity index (χ2n) is 7.33. The predicted octanol–water partition coefficient (Wildman–Crippen LogP) is 1.64. The number of fused-ring (bicyclic) bond motifs is 1. The number of benzene rings is 1. The lowest BCUT2D eigenvalue weighted by molar-refractivity contribution is 0.0341. The smallest absolute Gasteiger partial charge is 0.231 e. The van der Waals surface area contributed by atoms with E-state index in [2.05, 4.69) is 37.5 Å². The van der Waals surface area contributed by atoms with Gasteiger partial charge in [-0.05, 0) is 29.5 Å². The molecule has 0 aromatic heterocycles. The molecule has 0 bridgehead atoms. The van der Waals surface area contributed by atoms with E-state index in [9.17, 15) is 5.11 Å². The summed E-state index contributed by atoms with van der Waals surface area (Å²) in [7, 11) is 0. The average molecular weight is 306 g/mol. The van der Waals surface area contributed by atoms with Gasteiger partial charge in [0.15, 0.2) is 11.5 Å². The van der Waals surface area contributed by atoms with Crippen LogP contribution in [0, 0.1) is 5.41 Å². The molecular weight excluding hydrogens is 280 g/mol. The molecule has 0 aliphatic carbocycles. The lowest BCUT2D eigenvalue weighted by Gasteiger charge is -2.30. The Morgan fingerprint density at radius 1 is 1.32 bits per heavy atom. The molecule has 3 N–H and O–H groups in total. The van der Waals surface area contributed by atoms with E-state index < -0.39 is 0 Å². The van der Waals surface area contributed by atoms with E-state index in [1.807, 2.05) is 12.1 Å². The summed E-state index contributed by atoms with van der Waals surface area (Å²) in [5, 5.41) is 17.4. The van der Waals surface area contributed by atoms with Crippen molar-refractivity contribution >= 4 is 0 Å². The molecule has 1 aromatic rings. The van der Waals surface area contributed by atoms with Crippen molar-refractivity contribution < 1.29 is 14.6 Å². The van der Waals surface area contributed by atoms with Crippen LogP contribution in [0.1, 0.15) is 32.8 Å². The summed E-state index contributed by atoms with van der Waals surface area (Å²) in [4.78, 5) is 0. The van der Waals surface area contributed by atoms with Crippen LogP contribution in [0.15, 0.2) is 18.2 Å². The highest BCUT2D eigenvalue weighted by Gasteiger charge is 2.35. The van der Waals surface area contributed by atoms with Crippen LogP contribution in [0.2, 0.25) is 0 Å². The van der Waals surface area contributed by atoms with Gasteiger partial charge in [0.1, 0.15) is 0 Å². The summed E-state index contributed by atoms with van der Waals surface area (Å²) in [6, 6.07) is 6.59. The van der Waals surface area contributed by atoms with Crippen LogP contribution in [0.3, 0.4) is 0 Å². The average Bonchev–Trinajstić information content (AvgIpc) is 3.11. The molecule has 2 heterocycles. The lowest BCUT2D eigenvalue weighted by Crippen LogP contribution is -2.43.